The second-order valence-corrected chi connectivity index (χ2v) is 7.86. The molecular formula is C21H33IN4O2S. The number of aryl methyl sites for hydroxylation is 2. The maximum atomic E-state index is 5.96. The van der Waals surface area contributed by atoms with Crippen LogP contribution in [0.4, 0.5) is 0 Å². The summed E-state index contributed by atoms with van der Waals surface area (Å²) in [5, 5.41) is 7.83. The number of hydrogen-bond donors (Lipinski definition) is 2. The Labute approximate surface area is 195 Å². The van der Waals surface area contributed by atoms with E-state index in [1.165, 1.54) is 10.4 Å². The fourth-order valence-electron chi connectivity index (χ4n) is 2.62. The highest BCUT2D eigenvalue weighted by molar-refractivity contribution is 14.0. The van der Waals surface area contributed by atoms with Crippen molar-refractivity contribution < 1.29 is 9.47 Å². The molecular weight excluding hydrogens is 499 g/mol. The van der Waals surface area contributed by atoms with Gasteiger partial charge in [0.1, 0.15) is 5.75 Å². The van der Waals surface area contributed by atoms with Crippen LogP contribution in [0.15, 0.2) is 29.4 Å². The summed E-state index contributed by atoms with van der Waals surface area (Å²) in [5.41, 5.74) is 2.26. The van der Waals surface area contributed by atoms with E-state index in [9.17, 15) is 0 Å². The predicted octanol–water partition coefficient (Wildman–Crippen LogP) is 4.09. The Balaban J connectivity index is 0.00000420. The average molecular weight is 532 g/mol. The Bertz CT molecular complexity index is 752. The number of thiazole rings is 1. The Morgan fingerprint density at radius 3 is 2.72 bits per heavy atom. The van der Waals surface area contributed by atoms with Gasteiger partial charge in [-0.25, -0.2) is 9.98 Å². The van der Waals surface area contributed by atoms with E-state index >= 15 is 0 Å². The molecule has 0 spiro atoms. The summed E-state index contributed by atoms with van der Waals surface area (Å²) in [6.45, 7) is 9.73. The van der Waals surface area contributed by atoms with Crippen LogP contribution in [0, 0.1) is 13.8 Å². The highest BCUT2D eigenvalue weighted by Crippen LogP contribution is 2.21. The summed E-state index contributed by atoms with van der Waals surface area (Å²) in [6.07, 6.45) is 3.68. The van der Waals surface area contributed by atoms with Gasteiger partial charge in [-0.2, -0.15) is 0 Å². The Hall–Kier alpha value is -1.39. The lowest BCUT2D eigenvalue weighted by Crippen LogP contribution is -2.38. The van der Waals surface area contributed by atoms with Crippen molar-refractivity contribution in [1.82, 2.24) is 15.6 Å². The molecule has 1 heterocycles. The molecule has 29 heavy (non-hydrogen) atoms. The molecule has 0 aliphatic carbocycles. The molecule has 0 saturated heterocycles. The summed E-state index contributed by atoms with van der Waals surface area (Å²) in [4.78, 5) is 10.4. The number of nitrogens with one attached hydrogen (secondary N) is 2. The van der Waals surface area contributed by atoms with Crippen molar-refractivity contribution in [2.75, 3.05) is 33.4 Å². The summed E-state index contributed by atoms with van der Waals surface area (Å²) in [7, 11) is 1.71. The quantitative estimate of drug-likeness (QED) is 0.198. The van der Waals surface area contributed by atoms with Gasteiger partial charge in [0, 0.05) is 56.3 Å². The van der Waals surface area contributed by atoms with Crippen molar-refractivity contribution in [2.45, 2.75) is 40.2 Å². The van der Waals surface area contributed by atoms with Crippen LogP contribution < -0.4 is 15.4 Å². The number of methoxy groups -OCH3 is 1. The molecule has 2 rings (SSSR count). The molecule has 2 aromatic rings. The lowest BCUT2D eigenvalue weighted by molar-refractivity contribution is 0.172. The van der Waals surface area contributed by atoms with Crippen molar-refractivity contribution in [2.24, 2.45) is 4.99 Å². The number of aliphatic imine (C=N–C) groups is 1. The van der Waals surface area contributed by atoms with Gasteiger partial charge in [0.15, 0.2) is 5.96 Å². The molecule has 0 aliphatic heterocycles. The monoisotopic (exact) mass is 532 g/mol. The van der Waals surface area contributed by atoms with E-state index in [0.29, 0.717) is 19.8 Å². The fraction of sp³-hybridized carbons (Fsp3) is 0.524. The number of rotatable bonds is 11. The van der Waals surface area contributed by atoms with Crippen molar-refractivity contribution >= 4 is 41.3 Å². The number of aromatic nitrogens is 1. The minimum absolute atomic E-state index is 0. The van der Waals surface area contributed by atoms with Crippen molar-refractivity contribution in [3.63, 3.8) is 0 Å². The van der Waals surface area contributed by atoms with E-state index in [2.05, 4.69) is 54.6 Å². The number of nitrogens with zero attached hydrogens (tertiary/aromatic N) is 2. The molecule has 1 aromatic carbocycles. The maximum absolute atomic E-state index is 5.96. The molecule has 0 radical (unpaired) electrons. The number of ether oxygens (including phenoxy) is 2. The van der Waals surface area contributed by atoms with Crippen LogP contribution in [0.3, 0.4) is 0 Å². The van der Waals surface area contributed by atoms with Gasteiger partial charge < -0.3 is 20.1 Å². The van der Waals surface area contributed by atoms with Gasteiger partial charge in [0.05, 0.1) is 18.2 Å². The second-order valence-electron chi connectivity index (χ2n) is 6.54. The largest absolute Gasteiger partial charge is 0.493 e. The highest BCUT2D eigenvalue weighted by Gasteiger charge is 2.06. The molecule has 0 aliphatic rings. The zero-order chi connectivity index (χ0) is 20.2. The molecule has 0 atom stereocenters. The van der Waals surface area contributed by atoms with Gasteiger partial charge in [-0.05, 0) is 32.4 Å². The van der Waals surface area contributed by atoms with Crippen molar-refractivity contribution in [3.8, 4) is 5.75 Å². The molecule has 0 amide bonds. The third-order valence-electron chi connectivity index (χ3n) is 4.03. The van der Waals surface area contributed by atoms with Gasteiger partial charge >= 0.3 is 0 Å². The average Bonchev–Trinajstić information content (AvgIpc) is 3.09. The minimum atomic E-state index is 0. The van der Waals surface area contributed by atoms with E-state index in [4.69, 9.17) is 14.5 Å². The highest BCUT2D eigenvalue weighted by atomic mass is 127. The molecule has 0 unspecified atom stereocenters. The zero-order valence-electron chi connectivity index (χ0n) is 17.8. The SMILES string of the molecule is CCNC(=NCc1ccc(C)cc1OCCCOC)NCCc1ncc(C)s1.I. The first-order valence-electron chi connectivity index (χ1n) is 9.77. The molecule has 0 fully saturated rings. The second kappa shape index (κ2) is 14.6. The Morgan fingerprint density at radius 1 is 1.21 bits per heavy atom. The minimum Gasteiger partial charge on any atom is -0.493 e. The van der Waals surface area contributed by atoms with E-state index in [0.717, 1.165) is 48.2 Å². The smallest absolute Gasteiger partial charge is 0.191 e. The van der Waals surface area contributed by atoms with Gasteiger partial charge in [-0.15, -0.1) is 35.3 Å². The van der Waals surface area contributed by atoms with E-state index in [1.54, 1.807) is 18.4 Å². The molecule has 162 valence electrons. The van der Waals surface area contributed by atoms with Crippen LogP contribution in [0.5, 0.6) is 5.75 Å². The third kappa shape index (κ3) is 9.77. The number of halogens is 1. The van der Waals surface area contributed by atoms with E-state index in [-0.39, 0.29) is 24.0 Å². The molecule has 2 N–H and O–H groups in total. The van der Waals surface area contributed by atoms with Crippen molar-refractivity contribution in [1.29, 1.82) is 0 Å². The van der Waals surface area contributed by atoms with E-state index < -0.39 is 0 Å². The zero-order valence-corrected chi connectivity index (χ0v) is 20.9. The van der Waals surface area contributed by atoms with Crippen LogP contribution in [0.2, 0.25) is 0 Å². The molecule has 0 saturated carbocycles. The lowest BCUT2D eigenvalue weighted by Gasteiger charge is -2.13. The van der Waals surface area contributed by atoms with Gasteiger partial charge in [-0.3, -0.25) is 0 Å². The number of guanidine groups is 1. The normalized spacial score (nSPS) is 11.1. The maximum Gasteiger partial charge on any atom is 0.191 e. The number of benzene rings is 1. The first kappa shape index (κ1) is 25.6. The van der Waals surface area contributed by atoms with Crippen molar-refractivity contribution in [3.05, 3.63) is 45.4 Å². The Kier molecular flexibility index (Phi) is 12.9. The standard InChI is InChI=1S/C21H32N4O2S.HI/c1-5-22-21(23-10-9-20-24-14-17(3)28-20)25-15-18-8-7-16(2)13-19(18)27-12-6-11-26-4;/h7-8,13-14H,5-6,9-12,15H2,1-4H3,(H2,22,23,25);1H. The molecule has 6 nitrogen and oxygen atoms in total. The van der Waals surface area contributed by atoms with Gasteiger partial charge in [0.2, 0.25) is 0 Å². The summed E-state index contributed by atoms with van der Waals surface area (Å²) >= 11 is 1.74. The predicted molar refractivity (Wildman–Crippen MR) is 132 cm³/mol. The van der Waals surface area contributed by atoms with Gasteiger partial charge in [-0.1, -0.05) is 12.1 Å². The topological polar surface area (TPSA) is 67.8 Å². The first-order chi connectivity index (χ1) is 13.6. The van der Waals surface area contributed by atoms with Crippen LogP contribution >= 0.6 is 35.3 Å². The van der Waals surface area contributed by atoms with E-state index in [1.807, 2.05) is 6.20 Å². The third-order valence-corrected chi connectivity index (χ3v) is 5.00. The summed E-state index contributed by atoms with van der Waals surface area (Å²) in [5.74, 6) is 1.70. The molecule has 0 bridgehead atoms. The van der Waals surface area contributed by atoms with Gasteiger partial charge in [0.25, 0.3) is 0 Å². The van der Waals surface area contributed by atoms with Crippen LogP contribution in [0.1, 0.15) is 34.4 Å². The lowest BCUT2D eigenvalue weighted by atomic mass is 10.1. The Morgan fingerprint density at radius 2 is 2.03 bits per heavy atom. The van der Waals surface area contributed by atoms with Crippen LogP contribution in [0.25, 0.3) is 0 Å². The summed E-state index contributed by atoms with van der Waals surface area (Å²) < 4.78 is 11.0. The summed E-state index contributed by atoms with van der Waals surface area (Å²) in [6, 6.07) is 6.26. The molecule has 1 aromatic heterocycles. The van der Waals surface area contributed by atoms with Crippen LogP contribution in [-0.2, 0) is 17.7 Å². The number of hydrogen-bond acceptors (Lipinski definition) is 5. The molecule has 8 heteroatoms. The van der Waals surface area contributed by atoms with Crippen LogP contribution in [-0.4, -0.2) is 44.4 Å². The first-order valence-corrected chi connectivity index (χ1v) is 10.6. The fourth-order valence-corrected chi connectivity index (χ4v) is 3.41.